The van der Waals surface area contributed by atoms with Crippen LogP contribution in [0.15, 0.2) is 60.7 Å². The molecule has 1 heterocycles. The Hall–Kier alpha value is -1.64. The van der Waals surface area contributed by atoms with Gasteiger partial charge in [0.25, 0.3) is 0 Å². The zero-order valence-corrected chi connectivity index (χ0v) is 14.6. The summed E-state index contributed by atoms with van der Waals surface area (Å²) in [7, 11) is 0. The van der Waals surface area contributed by atoms with Gasteiger partial charge in [-0.25, -0.2) is 0 Å². The third-order valence-corrected chi connectivity index (χ3v) is 5.33. The predicted molar refractivity (Wildman–Crippen MR) is 99.9 cm³/mol. The molecule has 1 atom stereocenters. The van der Waals surface area contributed by atoms with E-state index in [-0.39, 0.29) is 6.23 Å². The predicted octanol–water partition coefficient (Wildman–Crippen LogP) is 4.65. The fraction of sp³-hybridized carbons (Fsp3) is 0.455. The maximum Gasteiger partial charge on any atom is 0.107 e. The molecule has 1 N–H and O–H groups in total. The summed E-state index contributed by atoms with van der Waals surface area (Å²) in [4.78, 5) is 2.26. The average Bonchev–Trinajstić information content (AvgIpc) is 2.64. The maximum atomic E-state index is 10.3. The lowest BCUT2D eigenvalue weighted by Crippen LogP contribution is -2.42. The molecule has 3 rings (SSSR count). The van der Waals surface area contributed by atoms with E-state index in [4.69, 9.17) is 0 Å². The van der Waals surface area contributed by atoms with Crippen molar-refractivity contribution in [2.45, 2.75) is 44.8 Å². The lowest BCUT2D eigenvalue weighted by atomic mass is 9.76. The lowest BCUT2D eigenvalue weighted by Gasteiger charge is -2.38. The second kappa shape index (κ2) is 8.46. The summed E-state index contributed by atoms with van der Waals surface area (Å²) in [6.07, 6.45) is 3.95. The number of rotatable bonds is 6. The summed E-state index contributed by atoms with van der Waals surface area (Å²) in [5, 5.41) is 10.3. The van der Waals surface area contributed by atoms with Crippen LogP contribution in [-0.2, 0) is 0 Å². The number of aliphatic hydroxyl groups is 1. The third-order valence-electron chi connectivity index (χ3n) is 5.33. The van der Waals surface area contributed by atoms with Crippen LogP contribution < -0.4 is 0 Å². The van der Waals surface area contributed by atoms with Gasteiger partial charge in [0, 0.05) is 19.0 Å². The van der Waals surface area contributed by atoms with Crippen molar-refractivity contribution in [1.82, 2.24) is 4.90 Å². The van der Waals surface area contributed by atoms with Gasteiger partial charge in [0.2, 0.25) is 0 Å². The van der Waals surface area contributed by atoms with Crippen LogP contribution in [0.2, 0.25) is 0 Å². The summed E-state index contributed by atoms with van der Waals surface area (Å²) in [6, 6.07) is 21.8. The molecule has 1 fully saturated rings. The fourth-order valence-corrected chi connectivity index (χ4v) is 4.05. The summed E-state index contributed by atoms with van der Waals surface area (Å²) >= 11 is 0. The highest BCUT2D eigenvalue weighted by Gasteiger charge is 2.30. The molecule has 0 bridgehead atoms. The molecule has 0 amide bonds. The summed E-state index contributed by atoms with van der Waals surface area (Å²) in [6.45, 7) is 4.14. The van der Waals surface area contributed by atoms with Crippen molar-refractivity contribution in [3.63, 3.8) is 0 Å². The lowest BCUT2D eigenvalue weighted by molar-refractivity contribution is -0.0235. The van der Waals surface area contributed by atoms with Crippen molar-refractivity contribution in [1.29, 1.82) is 0 Å². The molecular formula is C22H29NO. The number of hydrogen-bond acceptors (Lipinski definition) is 2. The van der Waals surface area contributed by atoms with Crippen molar-refractivity contribution >= 4 is 0 Å². The number of nitrogens with zero attached hydrogens (tertiary/aromatic N) is 1. The first-order valence-electron chi connectivity index (χ1n) is 9.31. The van der Waals surface area contributed by atoms with Gasteiger partial charge in [-0.05, 0) is 36.3 Å². The molecule has 2 aromatic rings. The van der Waals surface area contributed by atoms with E-state index in [0.717, 1.165) is 38.8 Å². The Morgan fingerprint density at radius 1 is 0.917 bits per heavy atom. The second-order valence-corrected chi connectivity index (χ2v) is 6.94. The fourth-order valence-electron chi connectivity index (χ4n) is 4.05. The van der Waals surface area contributed by atoms with Crippen molar-refractivity contribution in [3.8, 4) is 0 Å². The van der Waals surface area contributed by atoms with Crippen molar-refractivity contribution in [2.75, 3.05) is 13.1 Å². The minimum Gasteiger partial charge on any atom is -0.378 e. The molecule has 24 heavy (non-hydrogen) atoms. The zero-order valence-electron chi connectivity index (χ0n) is 14.6. The van der Waals surface area contributed by atoms with Crippen LogP contribution in [0.1, 0.15) is 49.7 Å². The minimum atomic E-state index is -0.261. The Balaban J connectivity index is 1.76. The number of hydrogen-bond donors (Lipinski definition) is 1. The van der Waals surface area contributed by atoms with Crippen LogP contribution in [0.4, 0.5) is 0 Å². The van der Waals surface area contributed by atoms with Crippen LogP contribution in [-0.4, -0.2) is 29.3 Å². The molecule has 1 aliphatic rings. The van der Waals surface area contributed by atoms with Crippen LogP contribution in [0.25, 0.3) is 0 Å². The highest BCUT2D eigenvalue weighted by Crippen LogP contribution is 2.38. The molecular weight excluding hydrogens is 294 g/mol. The Kier molecular flexibility index (Phi) is 6.06. The highest BCUT2D eigenvalue weighted by atomic mass is 16.3. The standard InChI is InChI=1S/C22H29NO/c1-2-9-21(24)23-16-14-20(15-17-23)22(18-10-5-3-6-11-18)19-12-7-4-8-13-19/h3-8,10-13,20-22,24H,2,9,14-17H2,1H3. The van der Waals surface area contributed by atoms with Crippen molar-refractivity contribution < 1.29 is 5.11 Å². The molecule has 0 spiro atoms. The van der Waals surface area contributed by atoms with E-state index >= 15 is 0 Å². The van der Waals surface area contributed by atoms with Gasteiger partial charge in [-0.1, -0.05) is 74.0 Å². The van der Waals surface area contributed by atoms with Gasteiger partial charge in [0.05, 0.1) is 0 Å². The SMILES string of the molecule is CCCC(O)N1CCC(C(c2ccccc2)c2ccccc2)CC1. The smallest absolute Gasteiger partial charge is 0.107 e. The van der Waals surface area contributed by atoms with Crippen molar-refractivity contribution in [2.24, 2.45) is 5.92 Å². The van der Waals surface area contributed by atoms with Gasteiger partial charge in [-0.2, -0.15) is 0 Å². The van der Waals surface area contributed by atoms with Crippen molar-refractivity contribution in [3.05, 3.63) is 71.8 Å². The van der Waals surface area contributed by atoms with Gasteiger partial charge < -0.3 is 5.11 Å². The van der Waals surface area contributed by atoms with E-state index < -0.39 is 0 Å². The first-order chi connectivity index (χ1) is 11.8. The van der Waals surface area contributed by atoms with E-state index in [1.54, 1.807) is 0 Å². The van der Waals surface area contributed by atoms with E-state index in [9.17, 15) is 5.11 Å². The number of piperidine rings is 1. The molecule has 0 aromatic heterocycles. The van der Waals surface area contributed by atoms with Crippen LogP contribution in [0, 0.1) is 5.92 Å². The Bertz CT molecular complexity index is 550. The Morgan fingerprint density at radius 3 is 1.88 bits per heavy atom. The van der Waals surface area contributed by atoms with E-state index in [2.05, 4.69) is 72.5 Å². The zero-order chi connectivity index (χ0) is 16.8. The molecule has 128 valence electrons. The topological polar surface area (TPSA) is 23.5 Å². The van der Waals surface area contributed by atoms with E-state index in [1.165, 1.54) is 11.1 Å². The molecule has 2 heteroatoms. The average molecular weight is 323 g/mol. The molecule has 1 unspecified atom stereocenters. The number of likely N-dealkylation sites (tertiary alicyclic amines) is 1. The molecule has 2 nitrogen and oxygen atoms in total. The highest BCUT2D eigenvalue weighted by molar-refractivity contribution is 5.33. The molecule has 0 aliphatic carbocycles. The third kappa shape index (κ3) is 4.06. The molecule has 2 aromatic carbocycles. The molecule has 1 saturated heterocycles. The monoisotopic (exact) mass is 323 g/mol. The van der Waals surface area contributed by atoms with E-state index in [1.807, 2.05) is 0 Å². The Morgan fingerprint density at radius 2 is 1.42 bits per heavy atom. The van der Waals surface area contributed by atoms with Gasteiger partial charge >= 0.3 is 0 Å². The summed E-state index contributed by atoms with van der Waals surface area (Å²) in [5.41, 5.74) is 2.83. The first-order valence-corrected chi connectivity index (χ1v) is 9.31. The molecule has 0 saturated carbocycles. The minimum absolute atomic E-state index is 0.261. The Labute approximate surface area is 146 Å². The molecule has 1 aliphatic heterocycles. The number of benzene rings is 2. The number of aliphatic hydroxyl groups excluding tert-OH is 1. The van der Waals surface area contributed by atoms with Gasteiger partial charge in [0.1, 0.15) is 6.23 Å². The van der Waals surface area contributed by atoms with Gasteiger partial charge in [0.15, 0.2) is 0 Å². The van der Waals surface area contributed by atoms with E-state index in [0.29, 0.717) is 11.8 Å². The van der Waals surface area contributed by atoms with Crippen LogP contribution in [0.3, 0.4) is 0 Å². The van der Waals surface area contributed by atoms with Gasteiger partial charge in [-0.3, -0.25) is 4.90 Å². The maximum absolute atomic E-state index is 10.3. The largest absolute Gasteiger partial charge is 0.378 e. The first kappa shape index (κ1) is 17.2. The van der Waals surface area contributed by atoms with Gasteiger partial charge in [-0.15, -0.1) is 0 Å². The quantitative estimate of drug-likeness (QED) is 0.836. The normalized spacial score (nSPS) is 18.0. The van der Waals surface area contributed by atoms with Crippen LogP contribution >= 0.6 is 0 Å². The second-order valence-electron chi connectivity index (χ2n) is 6.94. The summed E-state index contributed by atoms with van der Waals surface area (Å²) in [5.74, 6) is 1.10. The summed E-state index contributed by atoms with van der Waals surface area (Å²) < 4.78 is 0. The molecule has 0 radical (unpaired) electrons. The van der Waals surface area contributed by atoms with Crippen LogP contribution in [0.5, 0.6) is 0 Å².